The van der Waals surface area contributed by atoms with E-state index in [0.29, 0.717) is 17.0 Å². The summed E-state index contributed by atoms with van der Waals surface area (Å²) >= 11 is 0. The monoisotopic (exact) mass is 417 g/mol. The van der Waals surface area contributed by atoms with Gasteiger partial charge in [-0.1, -0.05) is 12.1 Å². The van der Waals surface area contributed by atoms with E-state index in [9.17, 15) is 9.59 Å². The van der Waals surface area contributed by atoms with E-state index < -0.39 is 5.97 Å². The second-order valence-electron chi connectivity index (χ2n) is 6.54. The van der Waals surface area contributed by atoms with Crippen LogP contribution in [0.25, 0.3) is 11.0 Å². The van der Waals surface area contributed by atoms with Crippen LogP contribution in [0.4, 0.5) is 17.1 Å². The van der Waals surface area contributed by atoms with Gasteiger partial charge >= 0.3 is 11.6 Å². The number of carboxylic acid groups (broad SMARTS) is 1. The van der Waals surface area contributed by atoms with Crippen LogP contribution in [0.2, 0.25) is 0 Å². The third-order valence-electron chi connectivity index (χ3n) is 4.23. The fourth-order valence-corrected chi connectivity index (χ4v) is 2.71. The Balaban J connectivity index is 0.000000185. The third-order valence-corrected chi connectivity index (χ3v) is 4.23. The second-order valence-corrected chi connectivity index (χ2v) is 6.54. The zero-order valence-corrected chi connectivity index (χ0v) is 16.5. The number of phenolic OH excluding ortho intramolecular Hbond substituents is 1. The van der Waals surface area contributed by atoms with Crippen LogP contribution >= 0.6 is 0 Å². The van der Waals surface area contributed by atoms with Crippen molar-refractivity contribution in [2.75, 3.05) is 5.73 Å². The van der Waals surface area contributed by atoms with Gasteiger partial charge < -0.3 is 20.4 Å². The Morgan fingerprint density at radius 2 is 1.68 bits per heavy atom. The molecule has 8 heteroatoms. The van der Waals surface area contributed by atoms with Crippen LogP contribution in [0.3, 0.4) is 0 Å². The van der Waals surface area contributed by atoms with Gasteiger partial charge in [-0.25, -0.2) is 9.59 Å². The Kier molecular flexibility index (Phi) is 6.42. The van der Waals surface area contributed by atoms with Crippen LogP contribution in [0.15, 0.2) is 92.2 Å². The van der Waals surface area contributed by atoms with Gasteiger partial charge in [-0.3, -0.25) is 0 Å². The van der Waals surface area contributed by atoms with Gasteiger partial charge in [-0.2, -0.15) is 5.11 Å². The number of aromatic hydroxyl groups is 1. The number of rotatable bonds is 3. The summed E-state index contributed by atoms with van der Waals surface area (Å²) in [6.45, 7) is 1.87. The second kappa shape index (κ2) is 9.36. The number of hydrogen-bond donors (Lipinski definition) is 3. The smallest absolute Gasteiger partial charge is 0.337 e. The Labute approximate surface area is 176 Å². The minimum Gasteiger partial charge on any atom is -0.508 e. The van der Waals surface area contributed by atoms with E-state index >= 15 is 0 Å². The Morgan fingerprint density at radius 3 is 2.39 bits per heavy atom. The first kappa shape index (κ1) is 21.3. The van der Waals surface area contributed by atoms with Crippen molar-refractivity contribution in [1.29, 1.82) is 0 Å². The molecule has 31 heavy (non-hydrogen) atoms. The minimum absolute atomic E-state index is 0.0972. The highest BCUT2D eigenvalue weighted by Crippen LogP contribution is 2.23. The van der Waals surface area contributed by atoms with Crippen molar-refractivity contribution < 1.29 is 19.4 Å². The number of aryl methyl sites for hydroxylation is 1. The van der Waals surface area contributed by atoms with Gasteiger partial charge in [0.05, 0.1) is 11.3 Å². The van der Waals surface area contributed by atoms with Gasteiger partial charge in [-0.05, 0) is 61.0 Å². The molecule has 156 valence electrons. The maximum atomic E-state index is 11.0. The van der Waals surface area contributed by atoms with E-state index in [4.69, 9.17) is 20.4 Å². The average Bonchev–Trinajstić information content (AvgIpc) is 2.73. The highest BCUT2D eigenvalue weighted by atomic mass is 16.4. The molecule has 0 unspecified atom stereocenters. The predicted molar refractivity (Wildman–Crippen MR) is 117 cm³/mol. The zero-order chi connectivity index (χ0) is 22.4. The molecule has 4 rings (SSSR count). The van der Waals surface area contributed by atoms with Gasteiger partial charge in [0.2, 0.25) is 0 Å². The summed E-state index contributed by atoms with van der Waals surface area (Å²) in [5.41, 5.74) is 8.20. The molecule has 3 aromatic carbocycles. The molecule has 0 saturated heterocycles. The molecule has 1 aromatic heterocycles. The molecular formula is C23H19N3O5. The van der Waals surface area contributed by atoms with E-state index in [-0.39, 0.29) is 22.6 Å². The van der Waals surface area contributed by atoms with Crippen molar-refractivity contribution in [3.8, 4) is 5.75 Å². The molecule has 4 N–H and O–H groups in total. The molecule has 4 aromatic rings. The first-order chi connectivity index (χ1) is 14.8. The van der Waals surface area contributed by atoms with Crippen LogP contribution in [0.1, 0.15) is 15.9 Å². The SMILES string of the molecule is Cc1cc(=O)oc2cc(N)ccc12.O=C(O)c1ccccc1/N=N/c1ccc(O)cc1. The Bertz CT molecular complexity index is 1310. The first-order valence-corrected chi connectivity index (χ1v) is 9.16. The lowest BCUT2D eigenvalue weighted by molar-refractivity contribution is 0.0697. The topological polar surface area (TPSA) is 138 Å². The van der Waals surface area contributed by atoms with Gasteiger partial charge in [0, 0.05) is 23.2 Å². The number of nitrogen functional groups attached to an aromatic ring is 1. The van der Waals surface area contributed by atoms with Gasteiger partial charge in [0.15, 0.2) is 0 Å². The number of nitrogens with two attached hydrogens (primary N) is 1. The normalized spacial score (nSPS) is 10.6. The lowest BCUT2D eigenvalue weighted by Crippen LogP contribution is -1.98. The summed E-state index contributed by atoms with van der Waals surface area (Å²) in [4.78, 5) is 22.0. The van der Waals surface area contributed by atoms with Crippen molar-refractivity contribution in [3.63, 3.8) is 0 Å². The molecule has 0 saturated carbocycles. The largest absolute Gasteiger partial charge is 0.508 e. The number of hydrogen-bond acceptors (Lipinski definition) is 7. The quantitative estimate of drug-likeness (QED) is 0.238. The Hall–Kier alpha value is -4.46. The van der Waals surface area contributed by atoms with E-state index in [1.165, 1.54) is 24.3 Å². The standard InChI is InChI=1S/C13H10N2O3.C10H9NO2/c16-10-7-5-9(6-8-10)14-15-12-4-2-1-3-11(12)13(17)18;1-6-4-10(12)13-9-5-7(11)2-3-8(6)9/h1-8,16H,(H,17,18);2-5H,11H2,1H3/b15-14+;. The summed E-state index contributed by atoms with van der Waals surface area (Å²) in [5.74, 6) is -0.907. The highest BCUT2D eigenvalue weighted by Gasteiger charge is 2.07. The van der Waals surface area contributed by atoms with E-state index in [0.717, 1.165) is 10.9 Å². The number of fused-ring (bicyclic) bond motifs is 1. The number of azo groups is 1. The lowest BCUT2D eigenvalue weighted by Gasteiger charge is -2.00. The number of aromatic carboxylic acids is 1. The van der Waals surface area contributed by atoms with Crippen LogP contribution in [-0.2, 0) is 0 Å². The molecule has 1 heterocycles. The van der Waals surface area contributed by atoms with Crippen molar-refractivity contribution in [2.45, 2.75) is 6.92 Å². The van der Waals surface area contributed by atoms with Crippen molar-refractivity contribution >= 4 is 34.0 Å². The minimum atomic E-state index is -1.05. The molecule has 0 atom stereocenters. The number of carbonyl (C=O) groups is 1. The zero-order valence-electron chi connectivity index (χ0n) is 16.5. The van der Waals surface area contributed by atoms with Crippen LogP contribution in [0, 0.1) is 6.92 Å². The van der Waals surface area contributed by atoms with Gasteiger partial charge in [0.25, 0.3) is 0 Å². The summed E-state index contributed by atoms with van der Waals surface area (Å²) in [6.07, 6.45) is 0. The van der Waals surface area contributed by atoms with E-state index in [2.05, 4.69) is 10.2 Å². The molecule has 0 radical (unpaired) electrons. The number of nitrogens with zero attached hydrogens (tertiary/aromatic N) is 2. The maximum absolute atomic E-state index is 11.0. The summed E-state index contributed by atoms with van der Waals surface area (Å²) < 4.78 is 4.99. The number of benzene rings is 3. The highest BCUT2D eigenvalue weighted by molar-refractivity contribution is 5.93. The summed E-state index contributed by atoms with van der Waals surface area (Å²) in [7, 11) is 0. The van der Waals surface area contributed by atoms with Crippen LogP contribution in [0.5, 0.6) is 5.75 Å². The number of anilines is 1. The molecule has 8 nitrogen and oxygen atoms in total. The molecular weight excluding hydrogens is 398 g/mol. The van der Waals surface area contributed by atoms with Crippen molar-refractivity contribution in [1.82, 2.24) is 0 Å². The molecule has 0 aliphatic heterocycles. The molecule has 0 amide bonds. The van der Waals surface area contributed by atoms with E-state index in [1.54, 1.807) is 42.5 Å². The van der Waals surface area contributed by atoms with Crippen LogP contribution < -0.4 is 11.4 Å². The molecule has 0 fully saturated rings. The first-order valence-electron chi connectivity index (χ1n) is 9.16. The molecule has 0 bridgehead atoms. The maximum Gasteiger partial charge on any atom is 0.337 e. The molecule has 0 aliphatic rings. The summed E-state index contributed by atoms with van der Waals surface area (Å²) in [5, 5.41) is 26.8. The molecule has 0 spiro atoms. The Morgan fingerprint density at radius 1 is 0.968 bits per heavy atom. The fourth-order valence-electron chi connectivity index (χ4n) is 2.71. The number of carboxylic acids is 1. The average molecular weight is 417 g/mol. The van der Waals surface area contributed by atoms with Gasteiger partial charge in [0.1, 0.15) is 17.0 Å². The van der Waals surface area contributed by atoms with Crippen molar-refractivity contribution in [3.05, 3.63) is 94.3 Å². The fraction of sp³-hybridized carbons (Fsp3) is 0.0435. The van der Waals surface area contributed by atoms with Gasteiger partial charge in [-0.15, -0.1) is 5.11 Å². The summed E-state index contributed by atoms with van der Waals surface area (Å²) in [6, 6.07) is 19.3. The molecule has 0 aliphatic carbocycles. The predicted octanol–water partition coefficient (Wildman–Crippen LogP) is 5.19. The third kappa shape index (κ3) is 5.54. The van der Waals surface area contributed by atoms with Crippen LogP contribution in [-0.4, -0.2) is 16.2 Å². The number of phenols is 1. The lowest BCUT2D eigenvalue weighted by atomic mass is 10.1. The van der Waals surface area contributed by atoms with Crippen molar-refractivity contribution in [2.24, 2.45) is 10.2 Å². The van der Waals surface area contributed by atoms with E-state index in [1.807, 2.05) is 13.0 Å².